The number of aromatic nitrogens is 4. The van der Waals surface area contributed by atoms with Crippen LogP contribution < -0.4 is 10.1 Å². The van der Waals surface area contributed by atoms with Crippen molar-refractivity contribution >= 4 is 16.9 Å². The third kappa shape index (κ3) is 3.67. The van der Waals surface area contributed by atoms with Crippen LogP contribution in [0, 0.1) is 12.8 Å². The van der Waals surface area contributed by atoms with E-state index in [9.17, 15) is 4.79 Å². The molecule has 3 aromatic heterocycles. The van der Waals surface area contributed by atoms with E-state index in [1.54, 1.807) is 12.4 Å². The first-order valence-electron chi connectivity index (χ1n) is 9.95. The van der Waals surface area contributed by atoms with Crippen molar-refractivity contribution in [3.8, 4) is 28.3 Å². The van der Waals surface area contributed by atoms with Gasteiger partial charge in [-0.25, -0.2) is 0 Å². The Balaban J connectivity index is 1.45. The molecule has 0 saturated carbocycles. The molecule has 1 saturated heterocycles. The number of benzene rings is 1. The van der Waals surface area contributed by atoms with Gasteiger partial charge in [0.2, 0.25) is 0 Å². The SMILES string of the molecule is Cc1cccc(-c2[nH]ncc2-c2ccc3ncc(OC(=O)CC4CNC4)cc3c2)n1. The van der Waals surface area contributed by atoms with Crippen LogP contribution in [0.5, 0.6) is 5.75 Å². The molecule has 4 aromatic rings. The van der Waals surface area contributed by atoms with Crippen molar-refractivity contribution in [2.45, 2.75) is 13.3 Å². The van der Waals surface area contributed by atoms with Gasteiger partial charge in [-0.15, -0.1) is 0 Å². The zero-order valence-electron chi connectivity index (χ0n) is 16.6. The molecule has 0 amide bonds. The monoisotopic (exact) mass is 399 g/mol. The number of ether oxygens (including phenoxy) is 1. The van der Waals surface area contributed by atoms with E-state index < -0.39 is 0 Å². The highest BCUT2D eigenvalue weighted by molar-refractivity contribution is 5.88. The number of aromatic amines is 1. The summed E-state index contributed by atoms with van der Waals surface area (Å²) in [5, 5.41) is 11.3. The Morgan fingerprint density at radius 1 is 1.17 bits per heavy atom. The first-order chi connectivity index (χ1) is 14.7. The van der Waals surface area contributed by atoms with Crippen molar-refractivity contribution in [3.05, 3.63) is 60.6 Å². The smallest absolute Gasteiger partial charge is 0.311 e. The fourth-order valence-corrected chi connectivity index (χ4v) is 3.62. The Labute approximate surface area is 173 Å². The van der Waals surface area contributed by atoms with Gasteiger partial charge in [-0.1, -0.05) is 12.1 Å². The number of rotatable bonds is 5. The van der Waals surface area contributed by atoms with Crippen molar-refractivity contribution in [2.24, 2.45) is 5.92 Å². The minimum atomic E-state index is -0.221. The molecule has 4 heterocycles. The van der Waals surface area contributed by atoms with Crippen molar-refractivity contribution < 1.29 is 9.53 Å². The summed E-state index contributed by atoms with van der Waals surface area (Å²) in [4.78, 5) is 21.2. The Bertz CT molecular complexity index is 1230. The topological polar surface area (TPSA) is 92.8 Å². The van der Waals surface area contributed by atoms with Crippen LogP contribution in [0.25, 0.3) is 33.4 Å². The molecule has 7 nitrogen and oxygen atoms in total. The predicted molar refractivity (Wildman–Crippen MR) is 114 cm³/mol. The van der Waals surface area contributed by atoms with Crippen molar-refractivity contribution in [1.29, 1.82) is 0 Å². The summed E-state index contributed by atoms with van der Waals surface area (Å²) >= 11 is 0. The second-order valence-corrected chi connectivity index (χ2v) is 7.60. The normalized spacial score (nSPS) is 13.9. The molecule has 0 radical (unpaired) electrons. The molecule has 0 unspecified atom stereocenters. The van der Waals surface area contributed by atoms with Crippen LogP contribution in [0.3, 0.4) is 0 Å². The molecule has 0 bridgehead atoms. The number of carbonyl (C=O) groups excluding carboxylic acids is 1. The van der Waals surface area contributed by atoms with Gasteiger partial charge in [-0.3, -0.25) is 19.9 Å². The van der Waals surface area contributed by atoms with Gasteiger partial charge < -0.3 is 10.1 Å². The van der Waals surface area contributed by atoms with Crippen LogP contribution in [0.4, 0.5) is 0 Å². The molecule has 150 valence electrons. The highest BCUT2D eigenvalue weighted by Gasteiger charge is 2.21. The van der Waals surface area contributed by atoms with E-state index in [4.69, 9.17) is 4.74 Å². The quantitative estimate of drug-likeness (QED) is 0.499. The summed E-state index contributed by atoms with van der Waals surface area (Å²) in [7, 11) is 0. The van der Waals surface area contributed by atoms with E-state index in [-0.39, 0.29) is 5.97 Å². The van der Waals surface area contributed by atoms with Crippen LogP contribution in [0.15, 0.2) is 54.9 Å². The summed E-state index contributed by atoms with van der Waals surface area (Å²) < 4.78 is 5.51. The number of hydrogen-bond acceptors (Lipinski definition) is 6. The highest BCUT2D eigenvalue weighted by Crippen LogP contribution is 2.31. The molecule has 1 fully saturated rings. The molecule has 1 aliphatic heterocycles. The standard InChI is InChI=1S/C23H21N5O2/c1-14-3-2-4-21(27-14)23-19(13-26-28-23)16-5-6-20-17(8-16)9-18(12-25-20)30-22(29)7-15-10-24-11-15/h2-6,8-9,12-13,15,24H,7,10-11H2,1H3,(H,26,28). The van der Waals surface area contributed by atoms with Crippen LogP contribution in [-0.2, 0) is 4.79 Å². The Hall–Kier alpha value is -3.58. The molecule has 5 rings (SSSR count). The van der Waals surface area contributed by atoms with E-state index in [1.165, 1.54) is 0 Å². The largest absolute Gasteiger partial charge is 0.425 e. The lowest BCUT2D eigenvalue weighted by atomic mass is 10.00. The summed E-state index contributed by atoms with van der Waals surface area (Å²) in [6.45, 7) is 3.71. The third-order valence-corrected chi connectivity index (χ3v) is 5.30. The Kier molecular flexibility index (Phi) is 4.72. The maximum atomic E-state index is 12.1. The molecule has 1 aromatic carbocycles. The first kappa shape index (κ1) is 18.4. The van der Waals surface area contributed by atoms with E-state index >= 15 is 0 Å². The zero-order valence-corrected chi connectivity index (χ0v) is 16.6. The van der Waals surface area contributed by atoms with Crippen molar-refractivity contribution in [3.63, 3.8) is 0 Å². The molecule has 0 aliphatic carbocycles. The molecule has 2 N–H and O–H groups in total. The van der Waals surface area contributed by atoms with Gasteiger partial charge in [0.1, 0.15) is 5.75 Å². The highest BCUT2D eigenvalue weighted by atomic mass is 16.5. The van der Waals surface area contributed by atoms with Gasteiger partial charge in [0.25, 0.3) is 0 Å². The van der Waals surface area contributed by atoms with Crippen LogP contribution in [0.2, 0.25) is 0 Å². The van der Waals surface area contributed by atoms with Crippen LogP contribution in [-0.4, -0.2) is 39.2 Å². The van der Waals surface area contributed by atoms with Crippen LogP contribution >= 0.6 is 0 Å². The predicted octanol–water partition coefficient (Wildman–Crippen LogP) is 3.51. The molecular weight excluding hydrogens is 378 g/mol. The number of H-pyrrole nitrogens is 1. The fraction of sp³-hybridized carbons (Fsp3) is 0.217. The molecule has 7 heteroatoms. The number of nitrogens with one attached hydrogen (secondary N) is 2. The minimum Gasteiger partial charge on any atom is -0.425 e. The maximum Gasteiger partial charge on any atom is 0.311 e. The van der Waals surface area contributed by atoms with E-state index in [0.29, 0.717) is 18.1 Å². The lowest BCUT2D eigenvalue weighted by Crippen LogP contribution is -2.43. The lowest BCUT2D eigenvalue weighted by Gasteiger charge is -2.25. The van der Waals surface area contributed by atoms with Crippen LogP contribution in [0.1, 0.15) is 12.1 Å². The number of nitrogens with zero attached hydrogens (tertiary/aromatic N) is 3. The van der Waals surface area contributed by atoms with Gasteiger partial charge in [0.15, 0.2) is 0 Å². The average Bonchev–Trinajstić information content (AvgIpc) is 3.20. The number of fused-ring (bicyclic) bond motifs is 1. The Morgan fingerprint density at radius 2 is 2.07 bits per heavy atom. The summed E-state index contributed by atoms with van der Waals surface area (Å²) in [5.74, 6) is 0.610. The number of esters is 1. The minimum absolute atomic E-state index is 0.221. The van der Waals surface area contributed by atoms with Crippen molar-refractivity contribution in [1.82, 2.24) is 25.5 Å². The summed E-state index contributed by atoms with van der Waals surface area (Å²) in [5.41, 5.74) is 5.42. The Morgan fingerprint density at radius 3 is 2.87 bits per heavy atom. The second kappa shape index (κ2) is 7.68. The summed E-state index contributed by atoms with van der Waals surface area (Å²) in [6.07, 6.45) is 3.82. The number of hydrogen-bond donors (Lipinski definition) is 2. The second-order valence-electron chi connectivity index (χ2n) is 7.60. The van der Waals surface area contributed by atoms with Gasteiger partial charge in [0.05, 0.1) is 35.7 Å². The fourth-order valence-electron chi connectivity index (χ4n) is 3.62. The molecule has 30 heavy (non-hydrogen) atoms. The molecule has 1 aliphatic rings. The van der Waals surface area contributed by atoms with E-state index in [1.807, 2.05) is 49.4 Å². The number of carbonyl (C=O) groups is 1. The van der Waals surface area contributed by atoms with Crippen molar-refractivity contribution in [2.75, 3.05) is 13.1 Å². The molecule has 0 atom stereocenters. The number of aryl methyl sites for hydroxylation is 1. The van der Waals surface area contributed by atoms with Gasteiger partial charge in [0, 0.05) is 16.6 Å². The number of pyridine rings is 2. The van der Waals surface area contributed by atoms with Gasteiger partial charge in [-0.2, -0.15) is 5.10 Å². The maximum absolute atomic E-state index is 12.1. The van der Waals surface area contributed by atoms with E-state index in [0.717, 1.165) is 52.2 Å². The van der Waals surface area contributed by atoms with Gasteiger partial charge >= 0.3 is 5.97 Å². The zero-order chi connectivity index (χ0) is 20.5. The summed E-state index contributed by atoms with van der Waals surface area (Å²) in [6, 6.07) is 13.7. The lowest BCUT2D eigenvalue weighted by molar-refractivity contribution is -0.135. The third-order valence-electron chi connectivity index (χ3n) is 5.30. The molecular formula is C23H21N5O2. The molecule has 0 spiro atoms. The van der Waals surface area contributed by atoms with Gasteiger partial charge in [-0.05, 0) is 61.8 Å². The average molecular weight is 399 g/mol. The van der Waals surface area contributed by atoms with E-state index in [2.05, 4.69) is 25.5 Å². The first-order valence-corrected chi connectivity index (χ1v) is 9.95.